The summed E-state index contributed by atoms with van der Waals surface area (Å²) in [6.07, 6.45) is 1.78. The molecule has 5 heteroatoms. The fourth-order valence-electron chi connectivity index (χ4n) is 2.31. The van der Waals surface area contributed by atoms with Crippen LogP contribution in [0.3, 0.4) is 0 Å². The van der Waals surface area contributed by atoms with Gasteiger partial charge in [0, 0.05) is 24.7 Å². The molecule has 0 aliphatic carbocycles. The molecular formula is C12H11ClF2N2. The zero-order valence-electron chi connectivity index (χ0n) is 9.23. The highest BCUT2D eigenvalue weighted by atomic mass is 35.5. The minimum Gasteiger partial charge on any atom is -0.337 e. The van der Waals surface area contributed by atoms with Crippen LogP contribution in [0.25, 0.3) is 10.9 Å². The van der Waals surface area contributed by atoms with Crippen LogP contribution in [0, 0.1) is 11.6 Å². The van der Waals surface area contributed by atoms with E-state index in [1.54, 1.807) is 16.8 Å². The Hall–Kier alpha value is -1.13. The number of nitrogens with one attached hydrogen (secondary N) is 1. The SMILES string of the molecule is CC1(n2ccc3cc(Cl)c(F)c(F)c32)CNC1. The molecule has 1 fully saturated rings. The Labute approximate surface area is 102 Å². The molecule has 0 radical (unpaired) electrons. The van der Waals surface area contributed by atoms with Crippen LogP contribution in [0.4, 0.5) is 8.78 Å². The van der Waals surface area contributed by atoms with E-state index in [1.807, 2.05) is 6.92 Å². The van der Waals surface area contributed by atoms with Gasteiger partial charge in [0.2, 0.25) is 0 Å². The second-order valence-corrected chi connectivity index (χ2v) is 5.12. The third kappa shape index (κ3) is 1.40. The fourth-order valence-corrected chi connectivity index (χ4v) is 2.51. The maximum Gasteiger partial charge on any atom is 0.184 e. The molecule has 2 nitrogen and oxygen atoms in total. The van der Waals surface area contributed by atoms with E-state index in [1.165, 1.54) is 6.07 Å². The van der Waals surface area contributed by atoms with Crippen molar-refractivity contribution >= 4 is 22.5 Å². The van der Waals surface area contributed by atoms with Gasteiger partial charge in [-0.15, -0.1) is 0 Å². The number of fused-ring (bicyclic) bond motifs is 1. The molecule has 0 spiro atoms. The van der Waals surface area contributed by atoms with E-state index >= 15 is 0 Å². The van der Waals surface area contributed by atoms with Crippen molar-refractivity contribution in [3.8, 4) is 0 Å². The molecule has 1 aromatic heterocycles. The van der Waals surface area contributed by atoms with Crippen molar-refractivity contribution in [2.45, 2.75) is 12.5 Å². The van der Waals surface area contributed by atoms with E-state index in [0.29, 0.717) is 5.39 Å². The minimum atomic E-state index is -0.977. The lowest BCUT2D eigenvalue weighted by molar-refractivity contribution is 0.206. The number of halogens is 3. The Morgan fingerprint density at radius 1 is 1.35 bits per heavy atom. The summed E-state index contributed by atoms with van der Waals surface area (Å²) in [5.41, 5.74) is 0.0963. The lowest BCUT2D eigenvalue weighted by Crippen LogP contribution is -2.58. The molecule has 1 aromatic carbocycles. The Kier molecular flexibility index (Phi) is 2.22. The van der Waals surface area contributed by atoms with Crippen molar-refractivity contribution in [1.82, 2.24) is 9.88 Å². The number of aromatic nitrogens is 1. The molecule has 3 rings (SSSR count). The van der Waals surface area contributed by atoms with Gasteiger partial charge in [-0.25, -0.2) is 8.78 Å². The highest BCUT2D eigenvalue weighted by Gasteiger charge is 2.35. The van der Waals surface area contributed by atoms with Crippen molar-refractivity contribution in [2.24, 2.45) is 0 Å². The smallest absolute Gasteiger partial charge is 0.184 e. The minimum absolute atomic E-state index is 0.176. The number of rotatable bonds is 1. The summed E-state index contributed by atoms with van der Waals surface area (Å²) in [6.45, 7) is 3.51. The second-order valence-electron chi connectivity index (χ2n) is 4.71. The van der Waals surface area contributed by atoms with Crippen LogP contribution in [0.5, 0.6) is 0 Å². The van der Waals surface area contributed by atoms with Crippen molar-refractivity contribution in [3.05, 3.63) is 35.0 Å². The third-order valence-corrected chi connectivity index (χ3v) is 3.68. The van der Waals surface area contributed by atoms with Gasteiger partial charge < -0.3 is 9.88 Å². The van der Waals surface area contributed by atoms with E-state index < -0.39 is 11.6 Å². The van der Waals surface area contributed by atoms with Gasteiger partial charge in [-0.2, -0.15) is 0 Å². The standard InChI is InChI=1S/C12H11ClF2N2/c1-12(5-16-6-12)17-3-2-7-4-8(13)9(14)10(15)11(7)17/h2-4,16H,5-6H2,1H3. The van der Waals surface area contributed by atoms with Gasteiger partial charge in [0.05, 0.1) is 16.1 Å². The molecule has 17 heavy (non-hydrogen) atoms. The lowest BCUT2D eigenvalue weighted by atomic mass is 9.94. The highest BCUT2D eigenvalue weighted by Crippen LogP contribution is 2.32. The number of nitrogens with zero attached hydrogens (tertiary/aromatic N) is 1. The first-order valence-electron chi connectivity index (χ1n) is 5.39. The van der Waals surface area contributed by atoms with Crippen molar-refractivity contribution in [1.29, 1.82) is 0 Å². The highest BCUT2D eigenvalue weighted by molar-refractivity contribution is 6.31. The van der Waals surface area contributed by atoms with E-state index in [-0.39, 0.29) is 16.1 Å². The molecule has 1 aliphatic heterocycles. The monoisotopic (exact) mass is 256 g/mol. The van der Waals surface area contributed by atoms with Gasteiger partial charge in [0.25, 0.3) is 0 Å². The van der Waals surface area contributed by atoms with Gasteiger partial charge >= 0.3 is 0 Å². The molecule has 2 aromatic rings. The summed E-state index contributed by atoms with van der Waals surface area (Å²) in [6, 6.07) is 3.22. The molecule has 0 unspecified atom stereocenters. The van der Waals surface area contributed by atoms with Crippen LogP contribution in [0.2, 0.25) is 5.02 Å². The van der Waals surface area contributed by atoms with Gasteiger partial charge in [-0.3, -0.25) is 0 Å². The molecular weight excluding hydrogens is 246 g/mol. The van der Waals surface area contributed by atoms with Gasteiger partial charge in [-0.1, -0.05) is 11.6 Å². The van der Waals surface area contributed by atoms with Gasteiger partial charge in [0.15, 0.2) is 11.6 Å². The maximum absolute atomic E-state index is 13.9. The zero-order chi connectivity index (χ0) is 12.2. The lowest BCUT2D eigenvalue weighted by Gasteiger charge is -2.41. The first-order valence-corrected chi connectivity index (χ1v) is 5.76. The van der Waals surface area contributed by atoms with Crippen molar-refractivity contribution in [2.75, 3.05) is 13.1 Å². The quantitative estimate of drug-likeness (QED) is 0.777. The molecule has 90 valence electrons. The predicted octanol–water partition coefficient (Wildman–Crippen LogP) is 2.89. The van der Waals surface area contributed by atoms with Gasteiger partial charge in [-0.05, 0) is 19.1 Å². The predicted molar refractivity (Wildman–Crippen MR) is 63.4 cm³/mol. The zero-order valence-corrected chi connectivity index (χ0v) is 9.98. The first kappa shape index (κ1) is 11.0. The molecule has 1 saturated heterocycles. The van der Waals surface area contributed by atoms with E-state index in [0.717, 1.165) is 13.1 Å². The van der Waals surface area contributed by atoms with Crippen LogP contribution in [0.15, 0.2) is 18.3 Å². The molecule has 0 saturated carbocycles. The topological polar surface area (TPSA) is 17.0 Å². The summed E-state index contributed by atoms with van der Waals surface area (Å²) in [4.78, 5) is 0. The number of hydrogen-bond acceptors (Lipinski definition) is 1. The molecule has 2 heterocycles. The van der Waals surface area contributed by atoms with Crippen LogP contribution in [0.1, 0.15) is 6.92 Å². The van der Waals surface area contributed by atoms with Gasteiger partial charge in [0.1, 0.15) is 0 Å². The van der Waals surface area contributed by atoms with Crippen molar-refractivity contribution in [3.63, 3.8) is 0 Å². The fraction of sp³-hybridized carbons (Fsp3) is 0.333. The average Bonchev–Trinajstić information content (AvgIpc) is 2.66. The summed E-state index contributed by atoms with van der Waals surface area (Å²) in [7, 11) is 0. The van der Waals surface area contributed by atoms with E-state index in [9.17, 15) is 8.78 Å². The molecule has 0 bridgehead atoms. The first-order chi connectivity index (χ1) is 8.03. The van der Waals surface area contributed by atoms with Crippen molar-refractivity contribution < 1.29 is 8.78 Å². The maximum atomic E-state index is 13.9. The Morgan fingerprint density at radius 3 is 2.65 bits per heavy atom. The molecule has 1 aliphatic rings. The summed E-state index contributed by atoms with van der Waals surface area (Å²) < 4.78 is 29.2. The van der Waals surface area contributed by atoms with Crippen LogP contribution in [-0.4, -0.2) is 17.7 Å². The third-order valence-electron chi connectivity index (χ3n) is 3.40. The van der Waals surface area contributed by atoms with Crippen LogP contribution < -0.4 is 5.32 Å². The average molecular weight is 257 g/mol. The molecule has 0 atom stereocenters. The van der Waals surface area contributed by atoms with Crippen LogP contribution in [-0.2, 0) is 5.54 Å². The number of hydrogen-bond donors (Lipinski definition) is 1. The second kappa shape index (κ2) is 3.43. The summed E-state index contributed by atoms with van der Waals surface area (Å²) in [5.74, 6) is -1.85. The summed E-state index contributed by atoms with van der Waals surface area (Å²) in [5, 5.41) is 3.59. The Bertz CT molecular complexity index is 602. The number of benzene rings is 1. The Balaban J connectivity index is 2.31. The molecule has 1 N–H and O–H groups in total. The summed E-state index contributed by atoms with van der Waals surface area (Å²) >= 11 is 5.63. The van der Waals surface area contributed by atoms with E-state index in [4.69, 9.17) is 11.6 Å². The van der Waals surface area contributed by atoms with E-state index in [2.05, 4.69) is 5.32 Å². The molecule has 0 amide bonds. The Morgan fingerprint density at radius 2 is 2.06 bits per heavy atom. The normalized spacial score (nSPS) is 18.4. The van der Waals surface area contributed by atoms with Crippen LogP contribution >= 0.6 is 11.6 Å². The largest absolute Gasteiger partial charge is 0.337 e.